The minimum Gasteiger partial charge on any atom is -0.598 e. The molecule has 0 radical (unpaired) electrons. The summed E-state index contributed by atoms with van der Waals surface area (Å²) in [5.74, 6) is -0.407. The first-order valence-corrected chi connectivity index (χ1v) is 9.78. The molecule has 1 aromatic carbocycles. The predicted octanol–water partition coefficient (Wildman–Crippen LogP) is 5.81. The highest BCUT2D eigenvalue weighted by molar-refractivity contribution is 7.90. The van der Waals surface area contributed by atoms with Crippen molar-refractivity contribution in [2.45, 2.75) is 64.2 Å². The second-order valence-electron chi connectivity index (χ2n) is 7.55. The molecule has 0 saturated heterocycles. The Balaban J connectivity index is 2.48. The van der Waals surface area contributed by atoms with Gasteiger partial charge in [0.05, 0.1) is 16.1 Å². The van der Waals surface area contributed by atoms with E-state index in [2.05, 4.69) is 11.6 Å². The maximum Gasteiger partial charge on any atom is 0.136 e. The molecule has 1 aliphatic carbocycles. The van der Waals surface area contributed by atoms with Crippen LogP contribution in [0.2, 0.25) is 10.0 Å². The van der Waals surface area contributed by atoms with Gasteiger partial charge in [0.25, 0.3) is 0 Å². The van der Waals surface area contributed by atoms with Crippen LogP contribution in [0, 0.1) is 11.2 Å². The maximum absolute atomic E-state index is 14.6. The standard InChI is InChI=1S/C17H24Cl2FNOS/c1-16(2,3)23(22)21-15(17(4)9-5-6-10-17)13-12(20)8-7-11(18)14(13)19/h7-8,15,21H,5-6,9-10H2,1-4H3. The van der Waals surface area contributed by atoms with Gasteiger partial charge in [-0.1, -0.05) is 43.0 Å². The van der Waals surface area contributed by atoms with E-state index < -0.39 is 28.0 Å². The van der Waals surface area contributed by atoms with Crippen molar-refractivity contribution in [1.29, 1.82) is 0 Å². The van der Waals surface area contributed by atoms with Crippen molar-refractivity contribution in [3.05, 3.63) is 33.6 Å². The van der Waals surface area contributed by atoms with E-state index in [1.165, 1.54) is 12.1 Å². The molecular weight excluding hydrogens is 356 g/mol. The lowest BCUT2D eigenvalue weighted by molar-refractivity contribution is 0.242. The van der Waals surface area contributed by atoms with Crippen molar-refractivity contribution in [1.82, 2.24) is 4.72 Å². The number of halogens is 3. The lowest BCUT2D eigenvalue weighted by atomic mass is 9.77. The van der Waals surface area contributed by atoms with E-state index in [-0.39, 0.29) is 10.4 Å². The van der Waals surface area contributed by atoms with Crippen LogP contribution in [0.25, 0.3) is 0 Å². The lowest BCUT2D eigenvalue weighted by Crippen LogP contribution is -2.46. The minimum atomic E-state index is -1.33. The summed E-state index contributed by atoms with van der Waals surface area (Å²) in [7, 11) is 0. The third-order valence-electron chi connectivity index (χ3n) is 4.59. The van der Waals surface area contributed by atoms with Crippen LogP contribution < -0.4 is 4.72 Å². The van der Waals surface area contributed by atoms with E-state index in [0.717, 1.165) is 25.7 Å². The fourth-order valence-electron chi connectivity index (χ4n) is 3.11. The Morgan fingerprint density at radius 1 is 1.26 bits per heavy atom. The van der Waals surface area contributed by atoms with Crippen LogP contribution in [-0.4, -0.2) is 9.30 Å². The Morgan fingerprint density at radius 2 is 1.83 bits per heavy atom. The molecule has 0 aromatic heterocycles. The van der Waals surface area contributed by atoms with Gasteiger partial charge in [0.1, 0.15) is 10.6 Å². The Kier molecular flexibility index (Phi) is 5.95. The smallest absolute Gasteiger partial charge is 0.136 e. The first kappa shape index (κ1) is 19.3. The fraction of sp³-hybridized carbons (Fsp3) is 0.647. The summed E-state index contributed by atoms with van der Waals surface area (Å²) < 4.78 is 29.9. The first-order chi connectivity index (χ1) is 10.6. The molecular formula is C17H24Cl2FNOS. The van der Waals surface area contributed by atoms with Crippen molar-refractivity contribution >= 4 is 34.6 Å². The van der Waals surface area contributed by atoms with E-state index in [1.54, 1.807) is 0 Å². The van der Waals surface area contributed by atoms with Crippen LogP contribution >= 0.6 is 23.2 Å². The molecule has 1 saturated carbocycles. The number of nitrogens with one attached hydrogen (secondary N) is 1. The number of rotatable bonds is 4. The van der Waals surface area contributed by atoms with E-state index in [4.69, 9.17) is 23.2 Å². The molecule has 23 heavy (non-hydrogen) atoms. The summed E-state index contributed by atoms with van der Waals surface area (Å²) >= 11 is 11.1. The highest BCUT2D eigenvalue weighted by Gasteiger charge is 2.44. The molecule has 1 fully saturated rings. The Hall–Kier alpha value is -0.0000000000000000555. The Bertz CT molecular complexity index is 570. The lowest BCUT2D eigenvalue weighted by Gasteiger charge is -2.37. The molecule has 0 bridgehead atoms. The van der Waals surface area contributed by atoms with Crippen molar-refractivity contribution in [3.63, 3.8) is 0 Å². The molecule has 1 aromatic rings. The second-order valence-corrected chi connectivity index (χ2v) is 10.3. The molecule has 0 aliphatic heterocycles. The summed E-state index contributed by atoms with van der Waals surface area (Å²) in [4.78, 5) is 0. The van der Waals surface area contributed by atoms with Gasteiger partial charge in [-0.3, -0.25) is 0 Å². The average molecular weight is 380 g/mol. The van der Waals surface area contributed by atoms with Gasteiger partial charge < -0.3 is 4.55 Å². The molecule has 2 rings (SSSR count). The van der Waals surface area contributed by atoms with Gasteiger partial charge >= 0.3 is 0 Å². The quantitative estimate of drug-likeness (QED) is 0.529. The molecule has 6 heteroatoms. The summed E-state index contributed by atoms with van der Waals surface area (Å²) in [6, 6.07) is 2.35. The zero-order chi connectivity index (χ0) is 17.4. The van der Waals surface area contributed by atoms with Crippen molar-refractivity contribution < 1.29 is 8.94 Å². The van der Waals surface area contributed by atoms with Crippen LogP contribution in [-0.2, 0) is 11.4 Å². The summed E-state index contributed by atoms with van der Waals surface area (Å²) in [6.45, 7) is 7.77. The van der Waals surface area contributed by atoms with Gasteiger partial charge in [0.15, 0.2) is 0 Å². The van der Waals surface area contributed by atoms with Gasteiger partial charge in [-0.25, -0.2) is 4.39 Å². The first-order valence-electron chi connectivity index (χ1n) is 7.88. The van der Waals surface area contributed by atoms with Crippen LogP contribution in [0.15, 0.2) is 12.1 Å². The molecule has 0 amide bonds. The summed E-state index contributed by atoms with van der Waals surface area (Å²) in [5, 5.41) is 0.529. The number of hydrogen-bond donors (Lipinski definition) is 1. The van der Waals surface area contributed by atoms with E-state index in [0.29, 0.717) is 10.6 Å². The highest BCUT2D eigenvalue weighted by atomic mass is 35.5. The predicted molar refractivity (Wildman–Crippen MR) is 96.8 cm³/mol. The highest BCUT2D eigenvalue weighted by Crippen LogP contribution is 2.50. The van der Waals surface area contributed by atoms with Gasteiger partial charge in [-0.15, -0.1) is 4.72 Å². The largest absolute Gasteiger partial charge is 0.598 e. The molecule has 1 N–H and O–H groups in total. The van der Waals surface area contributed by atoms with Gasteiger partial charge in [0.2, 0.25) is 0 Å². The van der Waals surface area contributed by atoms with E-state index in [1.807, 2.05) is 20.8 Å². The topological polar surface area (TPSA) is 35.1 Å². The van der Waals surface area contributed by atoms with Crippen LogP contribution in [0.4, 0.5) is 4.39 Å². The molecule has 1 aliphatic rings. The minimum absolute atomic E-state index is 0.198. The third-order valence-corrected chi connectivity index (χ3v) is 6.97. The fourth-order valence-corrected chi connectivity index (χ4v) is 4.51. The zero-order valence-electron chi connectivity index (χ0n) is 14.0. The van der Waals surface area contributed by atoms with Gasteiger partial charge in [-0.05, 0) is 51.2 Å². The zero-order valence-corrected chi connectivity index (χ0v) is 16.3. The SMILES string of the molecule is CC1(C(N[S+]([O-])C(C)(C)C)c2c(F)ccc(Cl)c2Cl)CCCC1. The monoisotopic (exact) mass is 379 g/mol. The van der Waals surface area contributed by atoms with E-state index in [9.17, 15) is 8.94 Å². The molecule has 0 spiro atoms. The Labute approximate surface area is 151 Å². The average Bonchev–Trinajstić information content (AvgIpc) is 2.89. The number of benzene rings is 1. The Morgan fingerprint density at radius 3 is 2.35 bits per heavy atom. The van der Waals surface area contributed by atoms with Crippen LogP contribution in [0.5, 0.6) is 0 Å². The van der Waals surface area contributed by atoms with Gasteiger partial charge in [-0.2, -0.15) is 0 Å². The normalized spacial score (nSPS) is 20.5. The van der Waals surface area contributed by atoms with Crippen LogP contribution in [0.1, 0.15) is 65.0 Å². The second kappa shape index (κ2) is 7.09. The molecule has 130 valence electrons. The van der Waals surface area contributed by atoms with Crippen LogP contribution in [0.3, 0.4) is 0 Å². The van der Waals surface area contributed by atoms with Crippen molar-refractivity contribution in [2.75, 3.05) is 0 Å². The van der Waals surface area contributed by atoms with Crippen molar-refractivity contribution in [2.24, 2.45) is 5.41 Å². The number of hydrogen-bond acceptors (Lipinski definition) is 2. The maximum atomic E-state index is 14.6. The molecule has 2 nitrogen and oxygen atoms in total. The van der Waals surface area contributed by atoms with Crippen molar-refractivity contribution in [3.8, 4) is 0 Å². The summed E-state index contributed by atoms with van der Waals surface area (Å²) in [5.41, 5.74) is 0.136. The van der Waals surface area contributed by atoms with Gasteiger partial charge in [0, 0.05) is 16.9 Å². The van der Waals surface area contributed by atoms with E-state index >= 15 is 0 Å². The summed E-state index contributed by atoms with van der Waals surface area (Å²) in [6.07, 6.45) is 4.04. The molecule has 0 heterocycles. The third kappa shape index (κ3) is 4.16. The molecule has 2 unspecified atom stereocenters. The molecule has 2 atom stereocenters.